The van der Waals surface area contributed by atoms with E-state index in [0.29, 0.717) is 39.5 Å². The molecule has 14 heteroatoms. The zero-order valence-electron chi connectivity index (χ0n) is 25.8. The number of carbonyl (C=O) groups is 2. The number of carbonyl (C=O) groups excluding carboxylic acids is 1. The fourth-order valence-corrected chi connectivity index (χ4v) is 5.74. The van der Waals surface area contributed by atoms with Crippen LogP contribution < -0.4 is 19.5 Å². The van der Waals surface area contributed by atoms with Gasteiger partial charge in [-0.25, -0.2) is 4.39 Å². The summed E-state index contributed by atoms with van der Waals surface area (Å²) in [7, 11) is 0. The fourth-order valence-electron chi connectivity index (χ4n) is 5.14. The van der Waals surface area contributed by atoms with Gasteiger partial charge in [-0.15, -0.1) is 0 Å². The maximum absolute atomic E-state index is 14.3. The van der Waals surface area contributed by atoms with Crippen molar-refractivity contribution in [1.82, 2.24) is 5.32 Å². The van der Waals surface area contributed by atoms with Gasteiger partial charge in [0.2, 0.25) is 0 Å². The summed E-state index contributed by atoms with van der Waals surface area (Å²) in [5.74, 6) is -2.41. The molecule has 1 heterocycles. The number of hydrogen-bond donors (Lipinski definition) is 2. The van der Waals surface area contributed by atoms with Crippen molar-refractivity contribution in [2.24, 2.45) is 5.92 Å². The molecule has 5 rings (SSSR count). The summed E-state index contributed by atoms with van der Waals surface area (Å²) >= 11 is 12.7. The van der Waals surface area contributed by atoms with Crippen LogP contribution >= 0.6 is 23.2 Å². The summed E-state index contributed by atoms with van der Waals surface area (Å²) in [6.07, 6.45) is 2.80. The van der Waals surface area contributed by atoms with Gasteiger partial charge >= 0.3 is 18.6 Å². The molecule has 1 aliphatic carbocycles. The first-order valence-corrected chi connectivity index (χ1v) is 16.0. The molecule has 1 saturated carbocycles. The Hall–Kier alpha value is -4.52. The van der Waals surface area contributed by atoms with Crippen LogP contribution in [0.4, 0.5) is 13.2 Å². The number of ether oxygens (including phenoxy) is 3. The number of nitrogens with one attached hydrogen (secondary N) is 1. The van der Waals surface area contributed by atoms with Crippen LogP contribution in [0.15, 0.2) is 79.1 Å². The molecular weight excluding hydrogens is 688 g/mol. The number of aliphatic carboxylic acids is 1. The lowest BCUT2D eigenvalue weighted by molar-refractivity contribution is -0.605. The number of aromatic nitrogens is 1. The Kier molecular flexibility index (Phi) is 11.9. The number of carboxylic acid groups (broad SMARTS) is 1. The van der Waals surface area contributed by atoms with Crippen molar-refractivity contribution in [3.63, 3.8) is 0 Å². The van der Waals surface area contributed by atoms with Gasteiger partial charge in [0, 0.05) is 24.1 Å². The van der Waals surface area contributed by atoms with Crippen LogP contribution in [0.3, 0.4) is 0 Å². The second-order valence-electron chi connectivity index (χ2n) is 11.5. The van der Waals surface area contributed by atoms with Crippen LogP contribution in [0.1, 0.15) is 52.8 Å². The number of hydrogen-bond acceptors (Lipinski definition) is 7. The zero-order valence-corrected chi connectivity index (χ0v) is 27.3. The Balaban J connectivity index is 1.35. The van der Waals surface area contributed by atoms with E-state index < -0.39 is 36.5 Å². The SMILES string of the molecule is O=C(Cc1cccc(CNC(C(=O)O)c2ccccc2F)c1)OC(Cc1c(Cl)c[n+]([O-])cc1Cl)c1ccc(OC(F)F)c(OCC2CC2)c1. The molecule has 2 atom stereocenters. The molecule has 9 nitrogen and oxygen atoms in total. The number of benzene rings is 3. The highest BCUT2D eigenvalue weighted by atomic mass is 35.5. The molecule has 1 aliphatic rings. The average Bonchev–Trinajstić information content (AvgIpc) is 3.87. The highest BCUT2D eigenvalue weighted by Gasteiger charge is 2.27. The van der Waals surface area contributed by atoms with Crippen molar-refractivity contribution >= 4 is 35.1 Å². The molecule has 0 bridgehead atoms. The Morgan fingerprint density at radius 1 is 0.980 bits per heavy atom. The molecule has 4 aromatic rings. The Morgan fingerprint density at radius 2 is 1.69 bits per heavy atom. The average molecular weight is 720 g/mol. The standard InChI is InChI=1S/C35H31Cl2F3N2O7/c36-26-17-42(46)18-27(37)25(26)15-30(23-10-11-29(49-35(39)40)31(14-23)47-19-20-8-9-20)48-32(43)13-21-4-3-5-22(12-21)16-41-33(34(44)45)24-6-1-2-7-28(24)38/h1-7,10-12,14,17-18,20,30,33,35,41H,8-9,13,15-16,19H2,(H,44,45). The topological polar surface area (TPSA) is 121 Å². The van der Waals surface area contributed by atoms with Gasteiger partial charge in [0.15, 0.2) is 23.9 Å². The molecule has 2 unspecified atom stereocenters. The lowest BCUT2D eigenvalue weighted by Gasteiger charge is -2.21. The van der Waals surface area contributed by atoms with Gasteiger partial charge in [-0.2, -0.15) is 13.5 Å². The molecular formula is C35H31Cl2F3N2O7. The van der Waals surface area contributed by atoms with Gasteiger partial charge in [-0.3, -0.25) is 14.9 Å². The van der Waals surface area contributed by atoms with E-state index in [-0.39, 0.29) is 46.5 Å². The zero-order chi connectivity index (χ0) is 35.1. The third-order valence-electron chi connectivity index (χ3n) is 7.76. The molecule has 49 heavy (non-hydrogen) atoms. The van der Waals surface area contributed by atoms with Crippen molar-refractivity contribution in [3.05, 3.63) is 128 Å². The highest BCUT2D eigenvalue weighted by Crippen LogP contribution is 2.38. The minimum absolute atomic E-state index is 0.0145. The second-order valence-corrected chi connectivity index (χ2v) is 12.3. The summed E-state index contributed by atoms with van der Waals surface area (Å²) in [4.78, 5) is 25.3. The fraction of sp³-hybridized carbons (Fsp3) is 0.286. The van der Waals surface area contributed by atoms with E-state index in [1.54, 1.807) is 30.3 Å². The van der Waals surface area contributed by atoms with Crippen LogP contribution in [0.5, 0.6) is 11.5 Å². The normalized spacial score (nSPS) is 13.9. The summed E-state index contributed by atoms with van der Waals surface area (Å²) in [6, 6.07) is 15.3. The first kappa shape index (κ1) is 35.8. The van der Waals surface area contributed by atoms with Crippen molar-refractivity contribution in [1.29, 1.82) is 0 Å². The molecule has 258 valence electrons. The Labute approximate surface area is 289 Å². The number of rotatable bonds is 16. The van der Waals surface area contributed by atoms with E-state index in [2.05, 4.69) is 10.1 Å². The van der Waals surface area contributed by atoms with Gasteiger partial charge in [-0.05, 0) is 53.6 Å². The number of pyridine rings is 1. The third-order valence-corrected chi connectivity index (χ3v) is 8.41. The van der Waals surface area contributed by atoms with Crippen molar-refractivity contribution in [2.75, 3.05) is 6.61 Å². The van der Waals surface area contributed by atoms with E-state index in [9.17, 15) is 33.1 Å². The third kappa shape index (κ3) is 10.0. The van der Waals surface area contributed by atoms with Gasteiger partial charge < -0.3 is 24.5 Å². The molecule has 0 amide bonds. The molecule has 0 saturated heterocycles. The molecule has 3 aromatic carbocycles. The molecule has 0 aliphatic heterocycles. The van der Waals surface area contributed by atoms with Gasteiger partial charge in [0.25, 0.3) is 0 Å². The second kappa shape index (κ2) is 16.3. The lowest BCUT2D eigenvalue weighted by atomic mass is 10.0. The van der Waals surface area contributed by atoms with E-state index in [1.165, 1.54) is 36.4 Å². The summed E-state index contributed by atoms with van der Waals surface area (Å²) in [6.45, 7) is -2.74. The quantitative estimate of drug-likeness (QED) is 0.0713. The van der Waals surface area contributed by atoms with E-state index >= 15 is 0 Å². The van der Waals surface area contributed by atoms with Crippen LogP contribution in [0.2, 0.25) is 10.0 Å². The van der Waals surface area contributed by atoms with E-state index in [1.807, 2.05) is 0 Å². The van der Waals surface area contributed by atoms with Gasteiger partial charge in [-0.1, -0.05) is 71.7 Å². The predicted molar refractivity (Wildman–Crippen MR) is 173 cm³/mol. The lowest BCUT2D eigenvalue weighted by Crippen LogP contribution is -2.29. The van der Waals surface area contributed by atoms with Gasteiger partial charge in [0.05, 0.1) is 13.0 Å². The summed E-state index contributed by atoms with van der Waals surface area (Å²) in [5.41, 5.74) is 1.85. The monoisotopic (exact) mass is 718 g/mol. The molecule has 2 N–H and O–H groups in total. The molecule has 0 spiro atoms. The van der Waals surface area contributed by atoms with Crippen LogP contribution in [0.25, 0.3) is 0 Å². The van der Waals surface area contributed by atoms with E-state index in [0.717, 1.165) is 25.2 Å². The van der Waals surface area contributed by atoms with Crippen LogP contribution in [-0.4, -0.2) is 30.3 Å². The van der Waals surface area contributed by atoms with Gasteiger partial charge in [0.1, 0.15) is 28.0 Å². The number of alkyl halides is 2. The molecule has 1 fully saturated rings. The first-order valence-electron chi connectivity index (χ1n) is 15.2. The van der Waals surface area contributed by atoms with Crippen molar-refractivity contribution in [2.45, 2.75) is 51.0 Å². The Bertz CT molecular complexity index is 1790. The number of carboxylic acids is 1. The maximum atomic E-state index is 14.3. The number of halogens is 5. The molecule has 1 aromatic heterocycles. The smallest absolute Gasteiger partial charge is 0.387 e. The van der Waals surface area contributed by atoms with Crippen LogP contribution in [-0.2, 0) is 33.7 Å². The number of esters is 1. The predicted octanol–water partition coefficient (Wildman–Crippen LogP) is 7.14. The first-order chi connectivity index (χ1) is 23.5. The maximum Gasteiger partial charge on any atom is 0.387 e. The minimum Gasteiger partial charge on any atom is -0.619 e. The Morgan fingerprint density at radius 3 is 2.37 bits per heavy atom. The minimum atomic E-state index is -3.09. The number of nitrogens with zero attached hydrogens (tertiary/aromatic N) is 1. The van der Waals surface area contributed by atoms with Crippen molar-refractivity contribution in [3.8, 4) is 11.5 Å². The molecule has 0 radical (unpaired) electrons. The van der Waals surface area contributed by atoms with E-state index in [4.69, 9.17) is 32.7 Å². The summed E-state index contributed by atoms with van der Waals surface area (Å²) < 4.78 is 57.4. The summed E-state index contributed by atoms with van der Waals surface area (Å²) in [5, 5.41) is 24.4. The van der Waals surface area contributed by atoms with Crippen molar-refractivity contribution < 1.29 is 46.8 Å². The largest absolute Gasteiger partial charge is 0.619 e. The highest BCUT2D eigenvalue weighted by molar-refractivity contribution is 6.35. The van der Waals surface area contributed by atoms with Crippen LogP contribution in [0, 0.1) is 16.9 Å².